The van der Waals surface area contributed by atoms with Crippen LogP contribution in [-0.4, -0.2) is 6.04 Å². The van der Waals surface area contributed by atoms with E-state index in [2.05, 4.69) is 175 Å². The normalized spacial score (nSPS) is 14.6. The summed E-state index contributed by atoms with van der Waals surface area (Å²) < 4.78 is 13.3. The second-order valence-electron chi connectivity index (χ2n) is 14.0. The summed E-state index contributed by atoms with van der Waals surface area (Å²) in [6, 6.07) is 58.5. The predicted molar refractivity (Wildman–Crippen MR) is 222 cm³/mol. The largest absolute Gasteiger partial charge is 0.456 e. The quantitative estimate of drug-likeness (QED) is 0.181. The van der Waals surface area contributed by atoms with Crippen LogP contribution in [0.1, 0.15) is 12.0 Å². The van der Waals surface area contributed by atoms with Gasteiger partial charge in [0.1, 0.15) is 22.3 Å². The molecule has 0 saturated carbocycles. The van der Waals surface area contributed by atoms with Crippen LogP contribution < -0.4 is 4.90 Å². The van der Waals surface area contributed by atoms with Gasteiger partial charge in [0.25, 0.3) is 0 Å². The lowest BCUT2D eigenvalue weighted by Gasteiger charge is -2.35. The van der Waals surface area contributed by atoms with Gasteiger partial charge in [0.05, 0.1) is 6.04 Å². The molecule has 250 valence electrons. The molecule has 3 nitrogen and oxygen atoms in total. The van der Waals surface area contributed by atoms with Crippen LogP contribution in [0.2, 0.25) is 0 Å². The van der Waals surface area contributed by atoms with Crippen molar-refractivity contribution in [3.8, 4) is 11.1 Å². The molecule has 0 bridgehead atoms. The molecule has 0 fully saturated rings. The van der Waals surface area contributed by atoms with E-state index in [4.69, 9.17) is 8.83 Å². The van der Waals surface area contributed by atoms with E-state index >= 15 is 0 Å². The number of para-hydroxylation sites is 3. The summed E-state index contributed by atoms with van der Waals surface area (Å²) in [5, 5.41) is 9.40. The summed E-state index contributed by atoms with van der Waals surface area (Å²) in [6.45, 7) is 0. The van der Waals surface area contributed by atoms with Crippen molar-refractivity contribution >= 4 is 82.4 Å². The van der Waals surface area contributed by atoms with Crippen molar-refractivity contribution in [2.75, 3.05) is 4.90 Å². The highest BCUT2D eigenvalue weighted by atomic mass is 16.3. The molecule has 1 aliphatic rings. The molecule has 1 unspecified atom stereocenters. The van der Waals surface area contributed by atoms with Gasteiger partial charge in [-0.1, -0.05) is 140 Å². The van der Waals surface area contributed by atoms with Crippen LogP contribution in [0, 0.1) is 0 Å². The van der Waals surface area contributed by atoms with Gasteiger partial charge in [-0.15, -0.1) is 0 Å². The van der Waals surface area contributed by atoms with Crippen LogP contribution in [0.4, 0.5) is 11.4 Å². The number of hydrogen-bond donors (Lipinski definition) is 0. The van der Waals surface area contributed by atoms with Crippen molar-refractivity contribution < 1.29 is 8.83 Å². The number of hydrogen-bond acceptors (Lipinski definition) is 3. The Morgan fingerprint density at radius 1 is 0.453 bits per heavy atom. The third-order valence-corrected chi connectivity index (χ3v) is 11.0. The topological polar surface area (TPSA) is 29.5 Å². The van der Waals surface area contributed by atoms with Crippen LogP contribution in [0.25, 0.3) is 82.1 Å². The lowest BCUT2D eigenvalue weighted by molar-refractivity contribution is 0.668. The van der Waals surface area contributed by atoms with Crippen molar-refractivity contribution in [2.45, 2.75) is 12.5 Å². The lowest BCUT2D eigenvalue weighted by atomic mass is 9.89. The lowest BCUT2D eigenvalue weighted by Crippen LogP contribution is -2.31. The van der Waals surface area contributed by atoms with Gasteiger partial charge >= 0.3 is 0 Å². The van der Waals surface area contributed by atoms with E-state index in [-0.39, 0.29) is 6.04 Å². The summed E-state index contributed by atoms with van der Waals surface area (Å²) in [7, 11) is 0. The van der Waals surface area contributed by atoms with Crippen molar-refractivity contribution in [2.24, 2.45) is 0 Å². The first-order chi connectivity index (χ1) is 26.3. The first kappa shape index (κ1) is 29.8. The summed E-state index contributed by atoms with van der Waals surface area (Å²) in [4.78, 5) is 2.49. The number of rotatable bonds is 5. The smallest absolute Gasteiger partial charge is 0.143 e. The first-order valence-electron chi connectivity index (χ1n) is 18.3. The van der Waals surface area contributed by atoms with E-state index in [1.807, 2.05) is 12.1 Å². The Kier molecular flexibility index (Phi) is 6.68. The SMILES string of the molecule is C1=CC(N(c2ccc3c(c2)oc2ccccc23)c2ccccc2-c2cccc3c2oc2cc4ccccc4cc23)CC(c2cccc3ccccc23)=C1. The number of furan rings is 2. The van der Waals surface area contributed by atoms with E-state index in [0.29, 0.717) is 0 Å². The Labute approximate surface area is 306 Å². The van der Waals surface area contributed by atoms with Crippen LogP contribution in [-0.2, 0) is 0 Å². The average molecular weight is 680 g/mol. The zero-order valence-electron chi connectivity index (χ0n) is 28.9. The molecule has 0 N–H and O–H groups in total. The Balaban J connectivity index is 1.11. The molecular formula is C50H33NO2. The molecule has 0 amide bonds. The third-order valence-electron chi connectivity index (χ3n) is 11.0. The maximum atomic E-state index is 6.78. The van der Waals surface area contributed by atoms with Gasteiger partial charge < -0.3 is 13.7 Å². The fourth-order valence-electron chi connectivity index (χ4n) is 8.52. The fourth-order valence-corrected chi connectivity index (χ4v) is 8.52. The maximum Gasteiger partial charge on any atom is 0.143 e. The third kappa shape index (κ3) is 4.82. The monoisotopic (exact) mass is 679 g/mol. The number of fused-ring (bicyclic) bond motifs is 8. The predicted octanol–water partition coefficient (Wildman–Crippen LogP) is 14.0. The fraction of sp³-hybridized carbons (Fsp3) is 0.0400. The second kappa shape index (κ2) is 11.9. The highest BCUT2D eigenvalue weighted by Gasteiger charge is 2.27. The number of nitrogens with zero attached hydrogens (tertiary/aromatic N) is 1. The molecule has 2 heterocycles. The molecule has 0 saturated heterocycles. The van der Waals surface area contributed by atoms with E-state index in [9.17, 15) is 0 Å². The molecule has 1 atom stereocenters. The standard InChI is InChI=1S/C50H33NO2/c1-2-14-34-30-48-45(29-33(34)13-1)44-23-11-22-43(50(44)53-48)40-19-5-7-24-46(40)51(37-26-27-42-41-20-6-8-25-47(41)52-49(42)31-37)36-17-9-16-35(28-36)39-21-10-15-32-12-3-4-18-38(32)39/h1-27,29-31,36H,28H2. The minimum absolute atomic E-state index is 0.0251. The molecule has 0 aliphatic heterocycles. The Hall–Kier alpha value is -6.84. The van der Waals surface area contributed by atoms with Gasteiger partial charge in [-0.25, -0.2) is 0 Å². The highest BCUT2D eigenvalue weighted by Crippen LogP contribution is 2.45. The van der Waals surface area contributed by atoms with E-state index in [1.165, 1.54) is 32.7 Å². The molecule has 10 aromatic rings. The minimum atomic E-state index is 0.0251. The van der Waals surface area contributed by atoms with Gasteiger partial charge in [0.15, 0.2) is 0 Å². The van der Waals surface area contributed by atoms with Gasteiger partial charge in [0.2, 0.25) is 0 Å². The number of allylic oxidation sites excluding steroid dienone is 2. The van der Waals surface area contributed by atoms with Crippen molar-refractivity contribution in [3.05, 3.63) is 188 Å². The van der Waals surface area contributed by atoms with Crippen LogP contribution in [0.5, 0.6) is 0 Å². The van der Waals surface area contributed by atoms with E-state index < -0.39 is 0 Å². The van der Waals surface area contributed by atoms with Crippen LogP contribution in [0.15, 0.2) is 191 Å². The van der Waals surface area contributed by atoms with Gasteiger partial charge in [-0.2, -0.15) is 0 Å². The molecule has 1 aliphatic carbocycles. The van der Waals surface area contributed by atoms with Gasteiger partial charge in [0, 0.05) is 50.1 Å². The zero-order valence-corrected chi connectivity index (χ0v) is 28.9. The first-order valence-corrected chi connectivity index (χ1v) is 18.3. The molecule has 2 aromatic heterocycles. The molecule has 3 heteroatoms. The van der Waals surface area contributed by atoms with Gasteiger partial charge in [-0.05, 0) is 75.5 Å². The Morgan fingerprint density at radius 3 is 2.04 bits per heavy atom. The minimum Gasteiger partial charge on any atom is -0.456 e. The second-order valence-corrected chi connectivity index (χ2v) is 14.0. The van der Waals surface area contributed by atoms with Crippen molar-refractivity contribution in [1.82, 2.24) is 0 Å². The Morgan fingerprint density at radius 2 is 1.11 bits per heavy atom. The molecule has 8 aromatic carbocycles. The molecule has 0 radical (unpaired) electrons. The zero-order chi connectivity index (χ0) is 34.9. The molecule has 11 rings (SSSR count). The average Bonchev–Trinajstić information content (AvgIpc) is 3.78. The number of anilines is 2. The molecular weight excluding hydrogens is 647 g/mol. The highest BCUT2D eigenvalue weighted by molar-refractivity contribution is 6.14. The summed E-state index contributed by atoms with van der Waals surface area (Å²) in [5.41, 5.74) is 10.5. The van der Waals surface area contributed by atoms with E-state index in [0.717, 1.165) is 72.8 Å². The van der Waals surface area contributed by atoms with Crippen molar-refractivity contribution in [1.29, 1.82) is 0 Å². The Bertz CT molecular complexity index is 3120. The summed E-state index contributed by atoms with van der Waals surface area (Å²) in [6.07, 6.45) is 7.68. The van der Waals surface area contributed by atoms with Gasteiger partial charge in [-0.3, -0.25) is 0 Å². The summed E-state index contributed by atoms with van der Waals surface area (Å²) in [5.74, 6) is 0. The van der Waals surface area contributed by atoms with Crippen LogP contribution in [0.3, 0.4) is 0 Å². The molecule has 0 spiro atoms. The van der Waals surface area contributed by atoms with Crippen LogP contribution >= 0.6 is 0 Å². The van der Waals surface area contributed by atoms with E-state index in [1.54, 1.807) is 0 Å². The maximum absolute atomic E-state index is 6.78. The molecule has 53 heavy (non-hydrogen) atoms. The summed E-state index contributed by atoms with van der Waals surface area (Å²) >= 11 is 0. The number of benzene rings is 8. The van der Waals surface area contributed by atoms with Crippen molar-refractivity contribution in [3.63, 3.8) is 0 Å².